The van der Waals surface area contributed by atoms with E-state index in [0.29, 0.717) is 0 Å². The number of anilines is 3. The van der Waals surface area contributed by atoms with E-state index in [1.807, 2.05) is 0 Å². The molecule has 0 bridgehead atoms. The van der Waals surface area contributed by atoms with Crippen molar-refractivity contribution in [2.24, 2.45) is 0 Å². The fraction of sp³-hybridized carbons (Fsp3) is 0.0312. The number of benzene rings is 10. The number of allylic oxidation sites excluding steroid dienone is 1. The summed E-state index contributed by atoms with van der Waals surface area (Å²) >= 11 is 0. The van der Waals surface area contributed by atoms with Crippen molar-refractivity contribution in [1.29, 1.82) is 0 Å². The Morgan fingerprint density at radius 2 is 0.803 bits per heavy atom. The third kappa shape index (κ3) is 7.29. The second-order valence-corrected chi connectivity index (χ2v) is 17.2. The number of para-hydroxylation sites is 2. The van der Waals surface area contributed by atoms with Crippen LogP contribution in [0.25, 0.3) is 89.2 Å². The molecule has 2 heteroatoms. The molecule has 1 aliphatic carbocycles. The minimum absolute atomic E-state index is 1.09. The number of hydrogen-bond acceptors (Lipinski definition) is 1. The van der Waals surface area contributed by atoms with Crippen molar-refractivity contribution in [3.05, 3.63) is 260 Å². The molecule has 1 heterocycles. The van der Waals surface area contributed by atoms with E-state index in [1.165, 1.54) is 94.3 Å². The first kappa shape index (κ1) is 39.2. The fourth-order valence-corrected chi connectivity index (χ4v) is 9.96. The second kappa shape index (κ2) is 16.9. The van der Waals surface area contributed by atoms with Crippen LogP contribution in [0.4, 0.5) is 17.1 Å². The minimum Gasteiger partial charge on any atom is -0.311 e. The van der Waals surface area contributed by atoms with Crippen LogP contribution in [0.1, 0.15) is 17.5 Å². The molecule has 10 aromatic carbocycles. The molecule has 0 N–H and O–H groups in total. The predicted molar refractivity (Wildman–Crippen MR) is 280 cm³/mol. The van der Waals surface area contributed by atoms with Crippen LogP contribution in [0.3, 0.4) is 0 Å². The van der Waals surface area contributed by atoms with Crippen molar-refractivity contribution in [1.82, 2.24) is 4.57 Å². The lowest BCUT2D eigenvalue weighted by molar-refractivity contribution is 0.986. The van der Waals surface area contributed by atoms with Gasteiger partial charge in [0.2, 0.25) is 0 Å². The van der Waals surface area contributed by atoms with Crippen LogP contribution in [0, 0.1) is 0 Å². The number of aryl methyl sites for hydroxylation is 1. The average molecular weight is 843 g/mol. The number of rotatable bonds is 9. The normalized spacial score (nSPS) is 12.1. The van der Waals surface area contributed by atoms with E-state index >= 15 is 0 Å². The van der Waals surface area contributed by atoms with Gasteiger partial charge >= 0.3 is 0 Å². The Morgan fingerprint density at radius 1 is 0.333 bits per heavy atom. The van der Waals surface area contributed by atoms with E-state index in [0.717, 1.165) is 29.9 Å². The van der Waals surface area contributed by atoms with Gasteiger partial charge in [0, 0.05) is 33.5 Å². The third-order valence-electron chi connectivity index (χ3n) is 13.3. The zero-order chi connectivity index (χ0) is 43.8. The maximum absolute atomic E-state index is 2.37. The summed E-state index contributed by atoms with van der Waals surface area (Å²) in [5.74, 6) is 0. The Kier molecular flexibility index (Phi) is 10.0. The molecule has 0 unspecified atom stereocenters. The minimum atomic E-state index is 1.09. The van der Waals surface area contributed by atoms with Gasteiger partial charge in [-0.05, 0) is 158 Å². The lowest BCUT2D eigenvalue weighted by atomic mass is 9.89. The van der Waals surface area contributed by atoms with E-state index < -0.39 is 0 Å². The van der Waals surface area contributed by atoms with Crippen molar-refractivity contribution in [3.63, 3.8) is 0 Å². The van der Waals surface area contributed by atoms with Crippen LogP contribution in [0.2, 0.25) is 0 Å². The van der Waals surface area contributed by atoms with Crippen LogP contribution in [-0.4, -0.2) is 4.57 Å². The van der Waals surface area contributed by atoms with Crippen LogP contribution in [0.15, 0.2) is 249 Å². The summed E-state index contributed by atoms with van der Waals surface area (Å²) in [6, 6.07) is 88.5. The zero-order valence-electron chi connectivity index (χ0n) is 36.6. The van der Waals surface area contributed by atoms with Crippen LogP contribution in [-0.2, 0) is 6.42 Å². The Bertz CT molecular complexity index is 3540. The van der Waals surface area contributed by atoms with Crippen LogP contribution in [0.5, 0.6) is 0 Å². The molecule has 0 saturated carbocycles. The van der Waals surface area contributed by atoms with Gasteiger partial charge in [0.05, 0.1) is 11.0 Å². The number of aromatic nitrogens is 1. The third-order valence-corrected chi connectivity index (χ3v) is 13.3. The topological polar surface area (TPSA) is 8.17 Å². The van der Waals surface area contributed by atoms with Crippen molar-refractivity contribution < 1.29 is 0 Å². The first-order chi connectivity index (χ1) is 32.7. The van der Waals surface area contributed by atoms with Gasteiger partial charge in [-0.2, -0.15) is 0 Å². The Hall–Kier alpha value is -8.46. The van der Waals surface area contributed by atoms with Gasteiger partial charge < -0.3 is 9.47 Å². The lowest BCUT2D eigenvalue weighted by Crippen LogP contribution is -2.09. The van der Waals surface area contributed by atoms with E-state index in [-0.39, 0.29) is 0 Å². The maximum Gasteiger partial charge on any atom is 0.0541 e. The quantitative estimate of drug-likeness (QED) is 0.141. The molecule has 0 spiro atoms. The molecule has 2 nitrogen and oxygen atoms in total. The van der Waals surface area contributed by atoms with E-state index in [2.05, 4.69) is 264 Å². The van der Waals surface area contributed by atoms with Crippen molar-refractivity contribution >= 4 is 44.9 Å². The first-order valence-electron chi connectivity index (χ1n) is 23.0. The summed E-state index contributed by atoms with van der Waals surface area (Å²) in [5, 5.41) is 2.50. The van der Waals surface area contributed by atoms with Gasteiger partial charge in [0.1, 0.15) is 0 Å². The lowest BCUT2D eigenvalue weighted by Gasteiger charge is -2.26. The van der Waals surface area contributed by atoms with E-state index in [1.54, 1.807) is 0 Å². The largest absolute Gasteiger partial charge is 0.311 e. The smallest absolute Gasteiger partial charge is 0.0541 e. The average Bonchev–Trinajstić information content (AvgIpc) is 3.73. The summed E-state index contributed by atoms with van der Waals surface area (Å²) in [4.78, 5) is 2.37. The van der Waals surface area contributed by atoms with Crippen LogP contribution >= 0.6 is 0 Å². The van der Waals surface area contributed by atoms with Gasteiger partial charge in [-0.1, -0.05) is 176 Å². The molecule has 0 atom stereocenters. The summed E-state index contributed by atoms with van der Waals surface area (Å²) in [6.07, 6.45) is 6.81. The highest BCUT2D eigenvalue weighted by Crippen LogP contribution is 2.40. The number of fused-ring (bicyclic) bond motifs is 4. The Labute approximate surface area is 386 Å². The molecule has 312 valence electrons. The summed E-state index contributed by atoms with van der Waals surface area (Å²) in [7, 11) is 0. The van der Waals surface area contributed by atoms with Gasteiger partial charge in [-0.25, -0.2) is 0 Å². The highest BCUT2D eigenvalue weighted by molar-refractivity contribution is 6.10. The maximum atomic E-state index is 2.37. The van der Waals surface area contributed by atoms with Crippen molar-refractivity contribution in [2.45, 2.75) is 12.8 Å². The zero-order valence-corrected chi connectivity index (χ0v) is 36.6. The molecule has 0 saturated heterocycles. The van der Waals surface area contributed by atoms with Crippen LogP contribution < -0.4 is 4.90 Å². The molecular weight excluding hydrogens is 797 g/mol. The van der Waals surface area contributed by atoms with Crippen molar-refractivity contribution in [2.75, 3.05) is 4.90 Å². The van der Waals surface area contributed by atoms with Gasteiger partial charge in [0.25, 0.3) is 0 Å². The van der Waals surface area contributed by atoms with E-state index in [9.17, 15) is 0 Å². The Morgan fingerprint density at radius 3 is 1.44 bits per heavy atom. The molecule has 0 amide bonds. The van der Waals surface area contributed by atoms with Gasteiger partial charge in [-0.15, -0.1) is 0 Å². The highest BCUT2D eigenvalue weighted by Gasteiger charge is 2.17. The Balaban J connectivity index is 0.904. The molecule has 0 radical (unpaired) electrons. The van der Waals surface area contributed by atoms with Crippen molar-refractivity contribution in [3.8, 4) is 61.3 Å². The predicted octanol–water partition coefficient (Wildman–Crippen LogP) is 17.5. The monoisotopic (exact) mass is 842 g/mol. The first-order valence-corrected chi connectivity index (χ1v) is 23.0. The number of nitrogens with zero attached hydrogens (tertiary/aromatic N) is 2. The van der Waals surface area contributed by atoms with E-state index in [4.69, 9.17) is 0 Å². The molecule has 1 aromatic heterocycles. The standard InChI is InChI=1S/C64H46N2/c1-3-14-45(15-4-1)50-18-11-19-51(42-50)46-28-35-56(36-29-46)65(57-37-30-47(31-38-57)52-20-12-21-54(43-52)60-26-13-17-49-16-7-8-24-59(49)60)58-39-32-48(33-40-58)53-34-41-64-62(44-53)61-25-9-10-27-63(61)66(64)55-22-5-2-6-23-55/h1-6,8-15,17-44H,7,16H2. The highest BCUT2D eigenvalue weighted by atomic mass is 15.1. The molecule has 66 heavy (non-hydrogen) atoms. The summed E-state index contributed by atoms with van der Waals surface area (Å²) in [5.41, 5.74) is 21.8. The molecule has 11 aromatic rings. The molecular formula is C64H46N2. The summed E-state index contributed by atoms with van der Waals surface area (Å²) < 4.78 is 2.37. The second-order valence-electron chi connectivity index (χ2n) is 17.2. The molecule has 0 aliphatic heterocycles. The molecule has 0 fully saturated rings. The number of hydrogen-bond donors (Lipinski definition) is 0. The summed E-state index contributed by atoms with van der Waals surface area (Å²) in [6.45, 7) is 0. The SMILES string of the molecule is C1=Cc2c(cccc2-c2cccc(-c3ccc(N(c4ccc(-c5cccc(-c6ccccc6)c5)cc4)c4ccc(-c5ccc6c(c5)c5ccccc5n6-c5ccccc5)cc4)cc3)c2)CC1. The molecule has 1 aliphatic rings. The fourth-order valence-electron chi connectivity index (χ4n) is 9.96. The van der Waals surface area contributed by atoms with Gasteiger partial charge in [0.15, 0.2) is 0 Å². The molecule has 12 rings (SSSR count). The van der Waals surface area contributed by atoms with Gasteiger partial charge in [-0.3, -0.25) is 0 Å².